The van der Waals surface area contributed by atoms with Gasteiger partial charge in [0.1, 0.15) is 5.75 Å². The summed E-state index contributed by atoms with van der Waals surface area (Å²) in [6.45, 7) is 3.30. The Balaban J connectivity index is 2.95. The van der Waals surface area contributed by atoms with Gasteiger partial charge in [-0.05, 0) is 6.07 Å². The van der Waals surface area contributed by atoms with Crippen molar-refractivity contribution in [1.29, 1.82) is 0 Å². The van der Waals surface area contributed by atoms with Gasteiger partial charge < -0.3 is 4.74 Å². The Hall–Kier alpha value is -0.773. The summed E-state index contributed by atoms with van der Waals surface area (Å²) >= 11 is 11.6. The van der Waals surface area contributed by atoms with E-state index in [0.29, 0.717) is 10.9 Å². The Morgan fingerprint density at radius 3 is 2.64 bits per heavy atom. The molecule has 0 aromatic heterocycles. The molecular formula is C9H7Cl2O2Si. The third-order valence-electron chi connectivity index (χ3n) is 1.47. The molecule has 1 radical (unpaired) electrons. The third kappa shape index (κ3) is 2.87. The Labute approximate surface area is 93.1 Å². The maximum absolute atomic E-state index is 10.9. The van der Waals surface area contributed by atoms with Crippen molar-refractivity contribution in [3.8, 4) is 5.75 Å². The lowest BCUT2D eigenvalue weighted by Gasteiger charge is -2.07. The minimum Gasteiger partial charge on any atom is -0.423 e. The van der Waals surface area contributed by atoms with Gasteiger partial charge >= 0.3 is 13.4 Å². The van der Waals surface area contributed by atoms with Gasteiger partial charge in [0.25, 0.3) is 0 Å². The fraction of sp³-hybridized carbons (Fsp3) is 0. The summed E-state index contributed by atoms with van der Waals surface area (Å²) in [6, 6.07) is 6.91. The number of esters is 1. The minimum atomic E-state index is -1.66. The van der Waals surface area contributed by atoms with Crippen LogP contribution in [0.4, 0.5) is 0 Å². The van der Waals surface area contributed by atoms with Gasteiger partial charge in [-0.15, -0.1) is 22.2 Å². The molecule has 0 fully saturated rings. The average Bonchev–Trinajstić information content (AvgIpc) is 2.18. The number of carbonyl (C=O) groups excluding carboxylic acids is 1. The van der Waals surface area contributed by atoms with E-state index in [2.05, 4.69) is 6.58 Å². The molecule has 0 bridgehead atoms. The number of ether oxygens (including phenoxy) is 1. The Kier molecular flexibility index (Phi) is 4.19. The van der Waals surface area contributed by atoms with E-state index in [9.17, 15) is 4.79 Å². The number of para-hydroxylation sites is 1. The highest BCUT2D eigenvalue weighted by Crippen LogP contribution is 2.11. The van der Waals surface area contributed by atoms with E-state index in [0.717, 1.165) is 6.08 Å². The average molecular weight is 246 g/mol. The first-order valence-corrected chi connectivity index (χ1v) is 7.29. The van der Waals surface area contributed by atoms with Gasteiger partial charge in [-0.3, -0.25) is 0 Å². The lowest BCUT2D eigenvalue weighted by Crippen LogP contribution is -2.22. The molecule has 1 aromatic rings. The van der Waals surface area contributed by atoms with Gasteiger partial charge in [0.05, 0.1) is 0 Å². The van der Waals surface area contributed by atoms with Crippen LogP contribution in [0.3, 0.4) is 0 Å². The number of hydrogen-bond donors (Lipinski definition) is 0. The number of rotatable bonds is 3. The Bertz CT molecular complexity index is 352. The number of hydrogen-bond acceptors (Lipinski definition) is 2. The van der Waals surface area contributed by atoms with Crippen LogP contribution in [0, 0.1) is 0 Å². The molecule has 1 rings (SSSR count). The molecule has 0 unspecified atom stereocenters. The van der Waals surface area contributed by atoms with Crippen molar-refractivity contribution in [1.82, 2.24) is 0 Å². The zero-order valence-electron chi connectivity index (χ0n) is 7.17. The topological polar surface area (TPSA) is 26.3 Å². The maximum Gasteiger partial charge on any atom is 0.335 e. The predicted octanol–water partition coefficient (Wildman–Crippen LogP) is 1.95. The summed E-state index contributed by atoms with van der Waals surface area (Å²) < 4.78 is 4.96. The summed E-state index contributed by atoms with van der Waals surface area (Å²) in [5.41, 5.74) is 0. The molecule has 5 heteroatoms. The van der Waals surface area contributed by atoms with Crippen LogP contribution in [0.25, 0.3) is 0 Å². The molecule has 0 saturated heterocycles. The number of benzene rings is 1. The smallest absolute Gasteiger partial charge is 0.335 e. The molecule has 73 valence electrons. The van der Waals surface area contributed by atoms with Crippen LogP contribution in [0.15, 0.2) is 36.9 Å². The first-order chi connectivity index (χ1) is 6.65. The Morgan fingerprint density at radius 2 is 2.07 bits per heavy atom. The second-order valence-corrected chi connectivity index (χ2v) is 6.29. The molecule has 0 heterocycles. The molecule has 1 aromatic carbocycles. The van der Waals surface area contributed by atoms with Crippen molar-refractivity contribution >= 4 is 40.7 Å². The van der Waals surface area contributed by atoms with Crippen LogP contribution in [0.1, 0.15) is 0 Å². The van der Waals surface area contributed by atoms with Gasteiger partial charge in [0.2, 0.25) is 0 Å². The van der Waals surface area contributed by atoms with E-state index < -0.39 is 13.4 Å². The standard InChI is InChI=1S/C9H7Cl2O2Si/c1-2-9(12)13-7-5-3-4-6-8(7)14(10)11/h2-6H,1H2. The van der Waals surface area contributed by atoms with E-state index in [-0.39, 0.29) is 0 Å². The minimum absolute atomic E-state index is 0.399. The van der Waals surface area contributed by atoms with E-state index >= 15 is 0 Å². The number of carbonyl (C=O) groups is 1. The van der Waals surface area contributed by atoms with Gasteiger partial charge in [-0.25, -0.2) is 4.79 Å². The second kappa shape index (κ2) is 5.19. The van der Waals surface area contributed by atoms with Gasteiger partial charge in [-0.2, -0.15) is 0 Å². The van der Waals surface area contributed by atoms with Crippen molar-refractivity contribution in [2.24, 2.45) is 0 Å². The summed E-state index contributed by atoms with van der Waals surface area (Å²) in [4.78, 5) is 10.9. The lowest BCUT2D eigenvalue weighted by molar-refractivity contribution is -0.128. The molecule has 2 nitrogen and oxygen atoms in total. The largest absolute Gasteiger partial charge is 0.423 e. The number of halogens is 2. The molecule has 0 aliphatic carbocycles. The summed E-state index contributed by atoms with van der Waals surface area (Å²) in [5.74, 6) is -0.120. The molecular weight excluding hydrogens is 239 g/mol. The quantitative estimate of drug-likeness (QED) is 0.268. The van der Waals surface area contributed by atoms with E-state index in [1.807, 2.05) is 0 Å². The van der Waals surface area contributed by atoms with Gasteiger partial charge in [0.15, 0.2) is 0 Å². The molecule has 0 atom stereocenters. The summed E-state index contributed by atoms with van der Waals surface area (Å²) in [5, 5.41) is 0.663. The van der Waals surface area contributed by atoms with Crippen molar-refractivity contribution in [2.45, 2.75) is 0 Å². The van der Waals surface area contributed by atoms with Crippen LogP contribution < -0.4 is 9.92 Å². The monoisotopic (exact) mass is 245 g/mol. The zero-order valence-corrected chi connectivity index (χ0v) is 9.68. The maximum atomic E-state index is 10.9. The van der Waals surface area contributed by atoms with Crippen LogP contribution in [0.2, 0.25) is 0 Å². The van der Waals surface area contributed by atoms with Crippen LogP contribution in [-0.2, 0) is 4.79 Å². The van der Waals surface area contributed by atoms with E-state index in [1.54, 1.807) is 24.3 Å². The fourth-order valence-electron chi connectivity index (χ4n) is 0.862. The summed E-state index contributed by atoms with van der Waals surface area (Å²) in [6.07, 6.45) is 1.09. The van der Waals surface area contributed by atoms with Crippen LogP contribution >= 0.6 is 22.2 Å². The molecule has 0 spiro atoms. The van der Waals surface area contributed by atoms with Crippen LogP contribution in [-0.4, -0.2) is 13.4 Å². The molecule has 0 aliphatic rings. The molecule has 0 N–H and O–H groups in total. The second-order valence-electron chi connectivity index (χ2n) is 2.38. The Morgan fingerprint density at radius 1 is 1.43 bits per heavy atom. The van der Waals surface area contributed by atoms with Crippen LogP contribution in [0.5, 0.6) is 5.75 Å². The SMILES string of the molecule is C=CC(=O)Oc1ccccc1[Si](Cl)Cl. The first kappa shape index (κ1) is 11.3. The molecule has 0 saturated carbocycles. The van der Waals surface area contributed by atoms with E-state index in [4.69, 9.17) is 26.9 Å². The molecule has 14 heavy (non-hydrogen) atoms. The molecule has 0 amide bonds. The van der Waals surface area contributed by atoms with E-state index in [1.165, 1.54) is 0 Å². The highest BCUT2D eigenvalue weighted by Gasteiger charge is 2.14. The third-order valence-corrected chi connectivity index (χ3v) is 3.51. The normalized spacial score (nSPS) is 9.93. The van der Waals surface area contributed by atoms with Crippen molar-refractivity contribution in [3.63, 3.8) is 0 Å². The fourth-order valence-corrected chi connectivity index (χ4v) is 2.34. The predicted molar refractivity (Wildman–Crippen MR) is 59.4 cm³/mol. The highest BCUT2D eigenvalue weighted by atomic mass is 35.7. The zero-order chi connectivity index (χ0) is 10.6. The van der Waals surface area contributed by atoms with Crippen molar-refractivity contribution in [2.75, 3.05) is 0 Å². The summed E-state index contributed by atoms with van der Waals surface area (Å²) in [7, 11) is -1.66. The first-order valence-electron chi connectivity index (χ1n) is 3.76. The lowest BCUT2D eigenvalue weighted by atomic mass is 10.3. The van der Waals surface area contributed by atoms with Gasteiger partial charge in [-0.1, -0.05) is 24.8 Å². The molecule has 0 aliphatic heterocycles. The highest BCUT2D eigenvalue weighted by molar-refractivity contribution is 7.39. The van der Waals surface area contributed by atoms with Crippen molar-refractivity contribution < 1.29 is 9.53 Å². The van der Waals surface area contributed by atoms with Gasteiger partial charge in [0, 0.05) is 11.3 Å². The van der Waals surface area contributed by atoms with Crippen molar-refractivity contribution in [3.05, 3.63) is 36.9 Å².